The molecule has 1 aliphatic carbocycles. The predicted octanol–water partition coefficient (Wildman–Crippen LogP) is 2.75. The maximum Gasteiger partial charge on any atom is 0.0897 e. The number of ether oxygens (including phenoxy) is 1. The molecular weight excluding hydrogens is 238 g/mol. The molecule has 3 atom stereocenters. The van der Waals surface area contributed by atoms with Crippen molar-refractivity contribution in [2.45, 2.75) is 52.1 Å². The van der Waals surface area contributed by atoms with Crippen molar-refractivity contribution in [1.29, 1.82) is 0 Å². The maximum absolute atomic E-state index is 9.80. The molecule has 0 aromatic carbocycles. The fourth-order valence-electron chi connectivity index (χ4n) is 2.42. The van der Waals surface area contributed by atoms with Gasteiger partial charge in [-0.3, -0.25) is 0 Å². The van der Waals surface area contributed by atoms with E-state index in [1.54, 1.807) is 0 Å². The summed E-state index contributed by atoms with van der Waals surface area (Å²) in [7, 11) is 0. The summed E-state index contributed by atoms with van der Waals surface area (Å²) in [5.41, 5.74) is 0. The minimum absolute atomic E-state index is 0.379. The van der Waals surface area contributed by atoms with Crippen LogP contribution in [-0.2, 0) is 4.74 Å². The van der Waals surface area contributed by atoms with Crippen LogP contribution in [0.2, 0.25) is 0 Å². The predicted molar refractivity (Wildman–Crippen MR) is 80.2 cm³/mol. The normalized spacial score (nSPS) is 24.6. The topological polar surface area (TPSA) is 41.5 Å². The molecule has 19 heavy (non-hydrogen) atoms. The Kier molecular flexibility index (Phi) is 9.14. The number of unbranched alkanes of at least 4 members (excludes halogenated alkanes) is 2. The number of nitrogens with one attached hydrogen (secondary N) is 1. The van der Waals surface area contributed by atoms with E-state index in [1.807, 2.05) is 0 Å². The van der Waals surface area contributed by atoms with Gasteiger partial charge < -0.3 is 15.2 Å². The second-order valence-corrected chi connectivity index (χ2v) is 5.78. The lowest BCUT2D eigenvalue weighted by atomic mass is 9.85. The van der Waals surface area contributed by atoms with Gasteiger partial charge in [-0.05, 0) is 37.6 Å². The van der Waals surface area contributed by atoms with E-state index in [2.05, 4.69) is 31.3 Å². The third-order valence-corrected chi connectivity index (χ3v) is 3.90. The largest absolute Gasteiger partial charge is 0.389 e. The Labute approximate surface area is 118 Å². The lowest BCUT2D eigenvalue weighted by Crippen LogP contribution is -2.32. The minimum Gasteiger partial charge on any atom is -0.389 e. The van der Waals surface area contributed by atoms with Crippen LogP contribution in [0.3, 0.4) is 0 Å². The van der Waals surface area contributed by atoms with Crippen LogP contribution in [0.15, 0.2) is 12.2 Å². The van der Waals surface area contributed by atoms with Crippen LogP contribution >= 0.6 is 0 Å². The van der Waals surface area contributed by atoms with Gasteiger partial charge in [-0.25, -0.2) is 0 Å². The molecule has 3 heteroatoms. The summed E-state index contributed by atoms with van der Waals surface area (Å²) in [6.07, 6.45) is 10.1. The molecule has 3 unspecified atom stereocenters. The summed E-state index contributed by atoms with van der Waals surface area (Å²) >= 11 is 0. The summed E-state index contributed by atoms with van der Waals surface area (Å²) in [4.78, 5) is 0. The molecule has 0 aliphatic heterocycles. The standard InChI is InChI=1S/C16H31NO2/c1-3-4-7-10-17-11-16(18)13-19-12-15-9-6-5-8-14(15)2/h5-6,14-18H,3-4,7-13H2,1-2H3. The van der Waals surface area contributed by atoms with Gasteiger partial charge in [0.15, 0.2) is 0 Å². The third kappa shape index (κ3) is 7.71. The van der Waals surface area contributed by atoms with Crippen LogP contribution in [0.4, 0.5) is 0 Å². The van der Waals surface area contributed by atoms with Crippen LogP contribution in [0.1, 0.15) is 46.0 Å². The second kappa shape index (κ2) is 10.4. The number of hydrogen-bond donors (Lipinski definition) is 2. The molecule has 0 amide bonds. The van der Waals surface area contributed by atoms with E-state index in [0.29, 0.717) is 25.0 Å². The van der Waals surface area contributed by atoms with Crippen LogP contribution in [0.5, 0.6) is 0 Å². The molecule has 0 bridgehead atoms. The van der Waals surface area contributed by atoms with Crippen molar-refractivity contribution in [3.8, 4) is 0 Å². The van der Waals surface area contributed by atoms with E-state index < -0.39 is 0 Å². The maximum atomic E-state index is 9.80. The third-order valence-electron chi connectivity index (χ3n) is 3.90. The number of rotatable bonds is 10. The smallest absolute Gasteiger partial charge is 0.0897 e. The second-order valence-electron chi connectivity index (χ2n) is 5.78. The van der Waals surface area contributed by atoms with E-state index in [4.69, 9.17) is 4.74 Å². The van der Waals surface area contributed by atoms with Crippen molar-refractivity contribution in [2.24, 2.45) is 11.8 Å². The summed E-state index contributed by atoms with van der Waals surface area (Å²) < 4.78 is 5.66. The minimum atomic E-state index is -0.379. The molecule has 0 saturated carbocycles. The lowest BCUT2D eigenvalue weighted by molar-refractivity contribution is 0.0129. The van der Waals surface area contributed by atoms with E-state index in [0.717, 1.165) is 26.0 Å². The van der Waals surface area contributed by atoms with E-state index in [-0.39, 0.29) is 6.10 Å². The molecule has 0 saturated heterocycles. The Bertz CT molecular complexity index is 243. The zero-order valence-corrected chi connectivity index (χ0v) is 12.6. The first-order valence-corrected chi connectivity index (χ1v) is 7.85. The summed E-state index contributed by atoms with van der Waals surface area (Å²) in [6.45, 7) is 7.35. The Morgan fingerprint density at radius 1 is 1.32 bits per heavy atom. The Balaban J connectivity index is 1.97. The zero-order valence-electron chi connectivity index (χ0n) is 12.6. The molecule has 0 heterocycles. The van der Waals surface area contributed by atoms with Crippen molar-refractivity contribution in [2.75, 3.05) is 26.3 Å². The van der Waals surface area contributed by atoms with Gasteiger partial charge in [-0.1, -0.05) is 38.8 Å². The summed E-state index contributed by atoms with van der Waals surface area (Å²) in [6, 6.07) is 0. The molecule has 2 N–H and O–H groups in total. The molecule has 3 nitrogen and oxygen atoms in total. The highest BCUT2D eigenvalue weighted by Crippen LogP contribution is 2.24. The first kappa shape index (κ1) is 16.7. The van der Waals surface area contributed by atoms with Gasteiger partial charge >= 0.3 is 0 Å². The Morgan fingerprint density at radius 3 is 2.84 bits per heavy atom. The fourth-order valence-corrected chi connectivity index (χ4v) is 2.42. The number of aliphatic hydroxyl groups is 1. The molecule has 0 aromatic rings. The highest BCUT2D eigenvalue weighted by atomic mass is 16.5. The summed E-state index contributed by atoms with van der Waals surface area (Å²) in [5, 5.41) is 13.1. The highest BCUT2D eigenvalue weighted by Gasteiger charge is 2.18. The zero-order chi connectivity index (χ0) is 13.9. The number of aliphatic hydroxyl groups excluding tert-OH is 1. The lowest BCUT2D eigenvalue weighted by Gasteiger charge is -2.25. The van der Waals surface area contributed by atoms with Gasteiger partial charge in [0, 0.05) is 6.54 Å². The SMILES string of the molecule is CCCCCNCC(O)COCC1CC=CCC1C. The van der Waals surface area contributed by atoms with E-state index >= 15 is 0 Å². The van der Waals surface area contributed by atoms with Crippen molar-refractivity contribution in [3.05, 3.63) is 12.2 Å². The first-order chi connectivity index (χ1) is 9.24. The molecule has 0 radical (unpaired) electrons. The Hall–Kier alpha value is -0.380. The fraction of sp³-hybridized carbons (Fsp3) is 0.875. The number of allylic oxidation sites excluding steroid dienone is 2. The number of hydrogen-bond acceptors (Lipinski definition) is 3. The molecule has 0 spiro atoms. The van der Waals surface area contributed by atoms with Crippen LogP contribution < -0.4 is 5.32 Å². The van der Waals surface area contributed by atoms with Crippen molar-refractivity contribution in [1.82, 2.24) is 5.32 Å². The monoisotopic (exact) mass is 269 g/mol. The quantitative estimate of drug-likeness (QED) is 0.473. The molecule has 0 aromatic heterocycles. The van der Waals surface area contributed by atoms with E-state index in [9.17, 15) is 5.11 Å². The van der Waals surface area contributed by atoms with E-state index in [1.165, 1.54) is 19.3 Å². The van der Waals surface area contributed by atoms with Gasteiger partial charge in [-0.15, -0.1) is 0 Å². The molecule has 1 rings (SSSR count). The van der Waals surface area contributed by atoms with Crippen molar-refractivity contribution in [3.63, 3.8) is 0 Å². The highest BCUT2D eigenvalue weighted by molar-refractivity contribution is 4.93. The van der Waals surface area contributed by atoms with Crippen molar-refractivity contribution < 1.29 is 9.84 Å². The molecule has 112 valence electrons. The van der Waals surface area contributed by atoms with Gasteiger partial charge in [0.2, 0.25) is 0 Å². The van der Waals surface area contributed by atoms with Gasteiger partial charge in [-0.2, -0.15) is 0 Å². The molecule has 1 aliphatic rings. The van der Waals surface area contributed by atoms with Crippen LogP contribution in [0.25, 0.3) is 0 Å². The van der Waals surface area contributed by atoms with Gasteiger partial charge in [0.25, 0.3) is 0 Å². The van der Waals surface area contributed by atoms with Gasteiger partial charge in [0.1, 0.15) is 0 Å². The average molecular weight is 269 g/mol. The molecular formula is C16H31NO2. The van der Waals surface area contributed by atoms with Crippen LogP contribution in [-0.4, -0.2) is 37.5 Å². The Morgan fingerprint density at radius 2 is 2.11 bits per heavy atom. The van der Waals surface area contributed by atoms with Crippen molar-refractivity contribution >= 4 is 0 Å². The first-order valence-electron chi connectivity index (χ1n) is 7.85. The van der Waals surface area contributed by atoms with Crippen LogP contribution in [0, 0.1) is 11.8 Å². The van der Waals surface area contributed by atoms with Gasteiger partial charge in [0.05, 0.1) is 19.3 Å². The summed E-state index contributed by atoms with van der Waals surface area (Å²) in [5.74, 6) is 1.32. The molecule has 0 fully saturated rings. The average Bonchev–Trinajstić information content (AvgIpc) is 2.41.